The van der Waals surface area contributed by atoms with E-state index in [1.54, 1.807) is 0 Å². The second-order valence-electron chi connectivity index (χ2n) is 6.78. The molecule has 4 heteroatoms. The van der Waals surface area contributed by atoms with Gasteiger partial charge in [-0.3, -0.25) is 0 Å². The van der Waals surface area contributed by atoms with E-state index in [0.717, 1.165) is 56.5 Å². The Balaban J connectivity index is 1.90. The second kappa shape index (κ2) is 5.32. The molecule has 1 N–H and O–H groups in total. The first-order chi connectivity index (χ1) is 10.0. The lowest BCUT2D eigenvalue weighted by atomic mass is 9.78. The third-order valence-electron chi connectivity index (χ3n) is 5.38. The van der Waals surface area contributed by atoms with Gasteiger partial charge in [-0.15, -0.1) is 0 Å². The van der Waals surface area contributed by atoms with Crippen LogP contribution >= 0.6 is 0 Å². The van der Waals surface area contributed by atoms with Crippen molar-refractivity contribution in [1.29, 1.82) is 0 Å². The molecule has 21 heavy (non-hydrogen) atoms. The number of aromatic nitrogens is 1. The van der Waals surface area contributed by atoms with Crippen LogP contribution < -0.4 is 4.90 Å². The number of rotatable bonds is 3. The topological polar surface area (TPSA) is 53.4 Å². The molecule has 2 heterocycles. The van der Waals surface area contributed by atoms with Gasteiger partial charge in [0.25, 0.3) is 0 Å². The highest BCUT2D eigenvalue weighted by Crippen LogP contribution is 2.37. The van der Waals surface area contributed by atoms with Crippen molar-refractivity contribution in [2.24, 2.45) is 5.41 Å². The summed E-state index contributed by atoms with van der Waals surface area (Å²) in [6, 6.07) is 1.86. The predicted octanol–water partition coefficient (Wildman–Crippen LogP) is 3.29. The van der Waals surface area contributed by atoms with Gasteiger partial charge in [-0.2, -0.15) is 0 Å². The van der Waals surface area contributed by atoms with Crippen molar-refractivity contribution >= 4 is 11.8 Å². The molecule has 4 nitrogen and oxygen atoms in total. The Morgan fingerprint density at radius 2 is 2.10 bits per heavy atom. The van der Waals surface area contributed by atoms with Crippen molar-refractivity contribution in [3.63, 3.8) is 0 Å². The molecule has 1 aliphatic heterocycles. The van der Waals surface area contributed by atoms with Crippen LogP contribution in [0.4, 0.5) is 5.82 Å². The lowest BCUT2D eigenvalue weighted by Crippen LogP contribution is -2.39. The van der Waals surface area contributed by atoms with Crippen LogP contribution in [-0.4, -0.2) is 29.1 Å². The van der Waals surface area contributed by atoms with Crippen molar-refractivity contribution in [2.75, 3.05) is 18.0 Å². The minimum absolute atomic E-state index is 0.385. The monoisotopic (exact) mass is 288 g/mol. The molecule has 0 atom stereocenters. The van der Waals surface area contributed by atoms with Gasteiger partial charge < -0.3 is 10.0 Å². The Labute approximate surface area is 126 Å². The third kappa shape index (κ3) is 2.63. The highest BCUT2D eigenvalue weighted by atomic mass is 16.4. The Bertz CT molecular complexity index is 560. The first-order valence-electron chi connectivity index (χ1n) is 8.03. The maximum absolute atomic E-state index is 11.6. The standard InChI is InChI=1S/C17H24N2O2/c1-3-17(2)7-9-19(10-8-17)15-13(16(20)21)11-12-5-4-6-14(12)18-15/h11H,3-10H2,1-2H3,(H,20,21). The molecule has 0 saturated carbocycles. The molecule has 1 aromatic heterocycles. The van der Waals surface area contributed by atoms with Gasteiger partial charge in [0.05, 0.1) is 0 Å². The predicted molar refractivity (Wildman–Crippen MR) is 83.1 cm³/mol. The molecular formula is C17H24N2O2. The van der Waals surface area contributed by atoms with Crippen LogP contribution in [0.25, 0.3) is 0 Å². The van der Waals surface area contributed by atoms with E-state index in [1.807, 2.05) is 6.07 Å². The van der Waals surface area contributed by atoms with Gasteiger partial charge in [-0.25, -0.2) is 9.78 Å². The molecule has 0 unspecified atom stereocenters. The molecule has 0 amide bonds. The molecule has 1 fully saturated rings. The summed E-state index contributed by atoms with van der Waals surface area (Å²) in [6.07, 6.45) is 6.46. The van der Waals surface area contributed by atoms with Crippen molar-refractivity contribution < 1.29 is 9.90 Å². The van der Waals surface area contributed by atoms with Crippen molar-refractivity contribution in [3.05, 3.63) is 22.9 Å². The van der Waals surface area contributed by atoms with E-state index in [2.05, 4.69) is 18.7 Å². The lowest BCUT2D eigenvalue weighted by molar-refractivity contribution is 0.0697. The van der Waals surface area contributed by atoms with Gasteiger partial charge in [0, 0.05) is 18.8 Å². The molecule has 0 aromatic carbocycles. The highest BCUT2D eigenvalue weighted by Gasteiger charge is 2.31. The average molecular weight is 288 g/mol. The largest absolute Gasteiger partial charge is 0.478 e. The number of carboxylic acids is 1. The van der Waals surface area contributed by atoms with Gasteiger partial charge in [-0.05, 0) is 49.1 Å². The Hall–Kier alpha value is -1.58. The second-order valence-corrected chi connectivity index (χ2v) is 6.78. The minimum atomic E-state index is -0.851. The lowest BCUT2D eigenvalue weighted by Gasteiger charge is -2.40. The quantitative estimate of drug-likeness (QED) is 0.927. The molecule has 3 rings (SSSR count). The number of anilines is 1. The third-order valence-corrected chi connectivity index (χ3v) is 5.38. The smallest absolute Gasteiger partial charge is 0.339 e. The highest BCUT2D eigenvalue weighted by molar-refractivity contribution is 5.93. The molecule has 1 aromatic rings. The number of aryl methyl sites for hydroxylation is 2. The number of aromatic carboxylic acids is 1. The summed E-state index contributed by atoms with van der Waals surface area (Å²) >= 11 is 0. The molecule has 0 bridgehead atoms. The van der Waals surface area contributed by atoms with Gasteiger partial charge in [-0.1, -0.05) is 20.3 Å². The number of fused-ring (bicyclic) bond motifs is 1. The number of nitrogens with zero attached hydrogens (tertiary/aromatic N) is 2. The fourth-order valence-corrected chi connectivity index (χ4v) is 3.47. The molecule has 1 saturated heterocycles. The first kappa shape index (κ1) is 14.4. The number of hydrogen-bond donors (Lipinski definition) is 1. The van der Waals surface area contributed by atoms with E-state index < -0.39 is 5.97 Å². The van der Waals surface area contributed by atoms with Crippen LogP contribution in [0.5, 0.6) is 0 Å². The minimum Gasteiger partial charge on any atom is -0.478 e. The molecular weight excluding hydrogens is 264 g/mol. The summed E-state index contributed by atoms with van der Waals surface area (Å²) in [7, 11) is 0. The zero-order valence-corrected chi connectivity index (χ0v) is 13.0. The summed E-state index contributed by atoms with van der Waals surface area (Å²) < 4.78 is 0. The summed E-state index contributed by atoms with van der Waals surface area (Å²) in [4.78, 5) is 18.5. The molecule has 2 aliphatic rings. The van der Waals surface area contributed by atoms with Crippen LogP contribution in [0.1, 0.15) is 61.1 Å². The van der Waals surface area contributed by atoms with Crippen LogP contribution in [-0.2, 0) is 12.8 Å². The summed E-state index contributed by atoms with van der Waals surface area (Å²) in [5.74, 6) is -0.155. The molecule has 0 spiro atoms. The van der Waals surface area contributed by atoms with Gasteiger partial charge in [0.1, 0.15) is 11.4 Å². The van der Waals surface area contributed by atoms with E-state index in [1.165, 1.54) is 6.42 Å². The van der Waals surface area contributed by atoms with Crippen molar-refractivity contribution in [1.82, 2.24) is 4.98 Å². The summed E-state index contributed by atoms with van der Waals surface area (Å²) in [6.45, 7) is 6.40. The van der Waals surface area contributed by atoms with E-state index >= 15 is 0 Å². The van der Waals surface area contributed by atoms with E-state index in [0.29, 0.717) is 16.8 Å². The van der Waals surface area contributed by atoms with Gasteiger partial charge >= 0.3 is 5.97 Å². The Morgan fingerprint density at radius 1 is 1.38 bits per heavy atom. The Kier molecular flexibility index (Phi) is 3.64. The van der Waals surface area contributed by atoms with Crippen LogP contribution in [0, 0.1) is 5.41 Å². The number of carboxylic acid groups (broad SMARTS) is 1. The maximum Gasteiger partial charge on any atom is 0.339 e. The summed E-state index contributed by atoms with van der Waals surface area (Å²) in [5.41, 5.74) is 3.03. The number of pyridine rings is 1. The zero-order valence-electron chi connectivity index (χ0n) is 13.0. The Morgan fingerprint density at radius 3 is 2.71 bits per heavy atom. The fourth-order valence-electron chi connectivity index (χ4n) is 3.47. The normalized spacial score (nSPS) is 20.4. The van der Waals surface area contributed by atoms with Crippen molar-refractivity contribution in [3.8, 4) is 0 Å². The van der Waals surface area contributed by atoms with E-state index in [4.69, 9.17) is 4.98 Å². The number of piperidine rings is 1. The SMILES string of the molecule is CCC1(C)CCN(c2nc3c(cc2C(=O)O)CCC3)CC1. The first-order valence-corrected chi connectivity index (χ1v) is 8.03. The van der Waals surface area contributed by atoms with Crippen LogP contribution in [0.2, 0.25) is 0 Å². The van der Waals surface area contributed by atoms with Crippen LogP contribution in [0.3, 0.4) is 0 Å². The average Bonchev–Trinajstić information content (AvgIpc) is 2.94. The van der Waals surface area contributed by atoms with E-state index in [9.17, 15) is 9.90 Å². The summed E-state index contributed by atoms with van der Waals surface area (Å²) in [5, 5.41) is 9.51. The molecule has 114 valence electrons. The number of hydrogen-bond acceptors (Lipinski definition) is 3. The van der Waals surface area contributed by atoms with Crippen molar-refractivity contribution in [2.45, 2.75) is 52.4 Å². The molecule has 1 aliphatic carbocycles. The number of carbonyl (C=O) groups is 1. The van der Waals surface area contributed by atoms with Gasteiger partial charge in [0.15, 0.2) is 0 Å². The van der Waals surface area contributed by atoms with Crippen LogP contribution in [0.15, 0.2) is 6.07 Å². The molecule has 0 radical (unpaired) electrons. The zero-order chi connectivity index (χ0) is 15.0. The fraction of sp³-hybridized carbons (Fsp3) is 0.647. The van der Waals surface area contributed by atoms with Gasteiger partial charge in [0.2, 0.25) is 0 Å². The maximum atomic E-state index is 11.6. The van der Waals surface area contributed by atoms with E-state index in [-0.39, 0.29) is 0 Å².